The summed E-state index contributed by atoms with van der Waals surface area (Å²) < 4.78 is 1.78. The van der Waals surface area contributed by atoms with Crippen molar-refractivity contribution in [1.29, 1.82) is 0 Å². The first-order chi connectivity index (χ1) is 19.6. The molecule has 0 atom stereocenters. The van der Waals surface area contributed by atoms with Crippen LogP contribution in [0.1, 0.15) is 50.4 Å². The Morgan fingerprint density at radius 1 is 0.951 bits per heavy atom. The van der Waals surface area contributed by atoms with Gasteiger partial charge in [0.2, 0.25) is 0 Å². The maximum Gasteiger partial charge on any atom is 0.324 e. The number of aryl methyl sites for hydroxylation is 1. The molecule has 2 aromatic heterocycles. The molecule has 8 nitrogen and oxygen atoms in total. The summed E-state index contributed by atoms with van der Waals surface area (Å²) in [7, 11) is 0. The molecule has 1 fully saturated rings. The third kappa shape index (κ3) is 7.35. The molecule has 1 saturated heterocycles. The summed E-state index contributed by atoms with van der Waals surface area (Å²) in [5, 5.41) is 17.7. The van der Waals surface area contributed by atoms with Crippen molar-refractivity contribution in [2.75, 3.05) is 29.0 Å². The van der Waals surface area contributed by atoms with E-state index in [-0.39, 0.29) is 17.5 Å². The maximum absolute atomic E-state index is 13.1. The monoisotopic (exact) mass is 570 g/mol. The predicted octanol–water partition coefficient (Wildman–Crippen LogP) is 7.67. The number of hydrogen-bond donors (Lipinski definition) is 3. The average Bonchev–Trinajstić information content (AvgIpc) is 3.60. The summed E-state index contributed by atoms with van der Waals surface area (Å²) >= 11 is 1.57. The molecular weight excluding hydrogens is 532 g/mol. The number of thiophene rings is 1. The molecule has 4 aromatic rings. The first kappa shape index (κ1) is 28.4. The highest BCUT2D eigenvalue weighted by Crippen LogP contribution is 2.27. The van der Waals surface area contributed by atoms with Crippen molar-refractivity contribution < 1.29 is 9.59 Å². The SMILES string of the molecule is Cc1ccc(-n2nc(C(C)(C)C)cc2NC(=O)Nc2cccc(CC3CCN(C(=O)Nc4ccsc4)CC3)c2)cc1. The topological polar surface area (TPSA) is 91.3 Å². The van der Waals surface area contributed by atoms with Gasteiger partial charge in [-0.15, -0.1) is 0 Å². The molecule has 4 amide bonds. The number of amides is 4. The van der Waals surface area contributed by atoms with Gasteiger partial charge in [-0.3, -0.25) is 5.32 Å². The van der Waals surface area contributed by atoms with Crippen molar-refractivity contribution in [3.63, 3.8) is 0 Å². The number of benzene rings is 2. The Bertz CT molecular complexity index is 1480. The van der Waals surface area contributed by atoms with Crippen molar-refractivity contribution in [2.24, 2.45) is 5.92 Å². The van der Waals surface area contributed by atoms with E-state index in [1.807, 2.05) is 77.2 Å². The second kappa shape index (κ2) is 12.2. The minimum Gasteiger partial charge on any atom is -0.325 e. The van der Waals surface area contributed by atoms with Crippen LogP contribution >= 0.6 is 11.3 Å². The summed E-state index contributed by atoms with van der Waals surface area (Å²) in [6.07, 6.45) is 2.81. The zero-order chi connectivity index (χ0) is 29.0. The first-order valence-electron chi connectivity index (χ1n) is 14.1. The fraction of sp³-hybridized carbons (Fsp3) is 0.344. The summed E-state index contributed by atoms with van der Waals surface area (Å²) in [5.74, 6) is 1.10. The van der Waals surface area contributed by atoms with E-state index in [1.54, 1.807) is 16.0 Å². The molecule has 0 bridgehead atoms. The Hall–Kier alpha value is -4.11. The van der Waals surface area contributed by atoms with E-state index in [4.69, 9.17) is 5.10 Å². The largest absolute Gasteiger partial charge is 0.325 e. The molecule has 0 aliphatic carbocycles. The van der Waals surface area contributed by atoms with E-state index in [9.17, 15) is 9.59 Å². The van der Waals surface area contributed by atoms with E-state index in [0.29, 0.717) is 11.7 Å². The number of nitrogens with one attached hydrogen (secondary N) is 3. The van der Waals surface area contributed by atoms with Gasteiger partial charge in [-0.05, 0) is 73.4 Å². The fourth-order valence-electron chi connectivity index (χ4n) is 4.99. The number of piperidine rings is 1. The number of carbonyl (C=O) groups excluding carboxylic acids is 2. The lowest BCUT2D eigenvalue weighted by atomic mass is 9.90. The lowest BCUT2D eigenvalue weighted by Crippen LogP contribution is -2.41. The summed E-state index contributed by atoms with van der Waals surface area (Å²) in [5.41, 5.74) is 5.54. The van der Waals surface area contributed by atoms with Gasteiger partial charge in [-0.1, -0.05) is 50.6 Å². The maximum atomic E-state index is 13.1. The Morgan fingerprint density at radius 3 is 2.39 bits per heavy atom. The molecule has 1 aliphatic heterocycles. The Kier molecular flexibility index (Phi) is 8.44. The highest BCUT2D eigenvalue weighted by molar-refractivity contribution is 7.08. The molecule has 1 aliphatic rings. The van der Waals surface area contributed by atoms with E-state index in [1.165, 1.54) is 5.56 Å². The van der Waals surface area contributed by atoms with Gasteiger partial charge in [0, 0.05) is 35.6 Å². The smallest absolute Gasteiger partial charge is 0.324 e. The van der Waals surface area contributed by atoms with Crippen molar-refractivity contribution in [3.05, 3.63) is 88.2 Å². The highest BCUT2D eigenvalue weighted by Gasteiger charge is 2.24. The van der Waals surface area contributed by atoms with Crippen LogP contribution in [0.3, 0.4) is 0 Å². The van der Waals surface area contributed by atoms with E-state index in [2.05, 4.69) is 42.8 Å². The zero-order valence-electron chi connectivity index (χ0n) is 24.1. The Morgan fingerprint density at radius 2 is 1.71 bits per heavy atom. The van der Waals surface area contributed by atoms with Crippen molar-refractivity contribution in [3.8, 4) is 5.69 Å². The van der Waals surface area contributed by atoms with Gasteiger partial charge < -0.3 is 15.5 Å². The van der Waals surface area contributed by atoms with Gasteiger partial charge in [0.25, 0.3) is 0 Å². The number of nitrogens with zero attached hydrogens (tertiary/aromatic N) is 3. The molecule has 3 heterocycles. The predicted molar refractivity (Wildman–Crippen MR) is 167 cm³/mol. The number of likely N-dealkylation sites (tertiary alicyclic amines) is 1. The first-order valence-corrected chi connectivity index (χ1v) is 15.0. The normalized spacial score (nSPS) is 14.1. The molecule has 0 radical (unpaired) electrons. The zero-order valence-corrected chi connectivity index (χ0v) is 24.9. The number of aromatic nitrogens is 2. The van der Waals surface area contributed by atoms with Gasteiger partial charge in [0.1, 0.15) is 5.82 Å². The molecule has 0 saturated carbocycles. The number of carbonyl (C=O) groups is 2. The molecule has 214 valence electrons. The third-order valence-electron chi connectivity index (χ3n) is 7.38. The standard InChI is InChI=1S/C32H38N6O2S/c1-22-8-10-27(11-9-22)38-29(20-28(36-38)32(2,3)4)35-30(39)33-25-7-5-6-24(19-25)18-23-12-15-37(16-13-23)31(40)34-26-14-17-41-21-26/h5-11,14,17,19-21,23H,12-13,15-16,18H2,1-4H3,(H,34,40)(H2,33,35,39). The minimum atomic E-state index is -0.319. The lowest BCUT2D eigenvalue weighted by Gasteiger charge is -2.32. The number of urea groups is 2. The second-order valence-corrected chi connectivity index (χ2v) is 12.5. The molecule has 5 rings (SSSR count). The van der Waals surface area contributed by atoms with Crippen LogP contribution in [0, 0.1) is 12.8 Å². The molecule has 3 N–H and O–H groups in total. The van der Waals surface area contributed by atoms with Gasteiger partial charge in [0.15, 0.2) is 0 Å². The Labute approximate surface area is 245 Å². The van der Waals surface area contributed by atoms with Crippen LogP contribution in [0.2, 0.25) is 0 Å². The molecule has 2 aromatic carbocycles. The van der Waals surface area contributed by atoms with Crippen LogP contribution in [-0.2, 0) is 11.8 Å². The van der Waals surface area contributed by atoms with Crippen LogP contribution in [0.25, 0.3) is 5.69 Å². The van der Waals surface area contributed by atoms with Crippen LogP contribution in [0.15, 0.2) is 71.4 Å². The van der Waals surface area contributed by atoms with Crippen LogP contribution in [0.5, 0.6) is 0 Å². The molecule has 9 heteroatoms. The average molecular weight is 571 g/mol. The van der Waals surface area contributed by atoms with Crippen LogP contribution < -0.4 is 16.0 Å². The Balaban J connectivity index is 1.19. The van der Waals surface area contributed by atoms with Crippen molar-refractivity contribution in [2.45, 2.75) is 52.4 Å². The highest BCUT2D eigenvalue weighted by atomic mass is 32.1. The van der Waals surface area contributed by atoms with Crippen LogP contribution in [0.4, 0.5) is 26.8 Å². The van der Waals surface area contributed by atoms with Gasteiger partial charge >= 0.3 is 12.1 Å². The van der Waals surface area contributed by atoms with E-state index in [0.717, 1.165) is 60.7 Å². The van der Waals surface area contributed by atoms with Gasteiger partial charge in [0.05, 0.1) is 17.1 Å². The third-order valence-corrected chi connectivity index (χ3v) is 8.06. The molecular formula is C32H38N6O2S. The van der Waals surface area contributed by atoms with Gasteiger partial charge in [-0.2, -0.15) is 16.4 Å². The summed E-state index contributed by atoms with van der Waals surface area (Å²) in [6.45, 7) is 9.84. The molecule has 0 spiro atoms. The fourth-order valence-corrected chi connectivity index (χ4v) is 5.57. The summed E-state index contributed by atoms with van der Waals surface area (Å²) in [4.78, 5) is 27.5. The van der Waals surface area contributed by atoms with E-state index >= 15 is 0 Å². The molecule has 0 unspecified atom stereocenters. The van der Waals surface area contributed by atoms with Crippen molar-refractivity contribution >= 4 is 40.6 Å². The number of hydrogen-bond acceptors (Lipinski definition) is 4. The summed E-state index contributed by atoms with van der Waals surface area (Å²) in [6, 6.07) is 19.6. The lowest BCUT2D eigenvalue weighted by molar-refractivity contribution is 0.182. The molecule has 41 heavy (non-hydrogen) atoms. The minimum absolute atomic E-state index is 0.0302. The second-order valence-electron chi connectivity index (χ2n) is 11.8. The quantitative estimate of drug-likeness (QED) is 0.222. The van der Waals surface area contributed by atoms with Crippen molar-refractivity contribution in [1.82, 2.24) is 14.7 Å². The van der Waals surface area contributed by atoms with Crippen LogP contribution in [-0.4, -0.2) is 39.8 Å². The number of anilines is 3. The number of rotatable bonds is 6. The van der Waals surface area contributed by atoms with E-state index < -0.39 is 0 Å². The van der Waals surface area contributed by atoms with Gasteiger partial charge in [-0.25, -0.2) is 14.3 Å².